The number of hydrogen-bond acceptors (Lipinski definition) is 6. The van der Waals surface area contributed by atoms with Gasteiger partial charge in [-0.15, -0.1) is 0 Å². The first kappa shape index (κ1) is 26.2. The van der Waals surface area contributed by atoms with Crippen LogP contribution in [0.15, 0.2) is 71.4 Å². The van der Waals surface area contributed by atoms with Crippen LogP contribution in [-0.2, 0) is 11.3 Å². The fraction of sp³-hybridized carbons (Fsp3) is 0.280. The van der Waals surface area contributed by atoms with E-state index in [1.165, 1.54) is 6.20 Å². The molecule has 1 aliphatic heterocycles. The Morgan fingerprint density at radius 2 is 2.09 bits per heavy atom. The molecule has 2 heterocycles. The Balaban J connectivity index is 1.66. The van der Waals surface area contributed by atoms with E-state index in [0.29, 0.717) is 53.1 Å². The lowest BCUT2D eigenvalue weighted by atomic mass is 10.1. The number of aliphatic imine (C=N–C) groups is 1. The van der Waals surface area contributed by atoms with Gasteiger partial charge in [-0.3, -0.25) is 19.6 Å². The molecule has 1 aromatic carbocycles. The second kappa shape index (κ2) is 12.4. The SMILES string of the molecule is CC=C(NCc1ccc(Cl)c(Cl)c1)NC(=O)C(=NC1CCN(C(=O)c2cccnc2)C1)/C(C)=C\N. The third-order valence-corrected chi connectivity index (χ3v) is 6.25. The number of allylic oxidation sites excluding steroid dienone is 1. The van der Waals surface area contributed by atoms with Crippen molar-refractivity contribution >= 4 is 40.7 Å². The fourth-order valence-corrected chi connectivity index (χ4v) is 3.87. The zero-order valence-corrected chi connectivity index (χ0v) is 21.1. The number of pyridine rings is 1. The molecule has 0 bridgehead atoms. The molecule has 35 heavy (non-hydrogen) atoms. The standard InChI is InChI=1S/C25H28Cl2N6O2/c1-3-22(30-13-17-6-7-20(26)21(27)11-17)32-24(34)23(16(2)12-28)31-19-8-10-33(15-19)25(35)18-5-4-9-29-14-18/h3-7,9,11-12,14,19,30H,8,10,13,15,28H2,1-2H3,(H,32,34)/b16-12-,22-3?,31-23?. The molecule has 1 aromatic heterocycles. The lowest BCUT2D eigenvalue weighted by Gasteiger charge is -2.17. The Morgan fingerprint density at radius 1 is 1.29 bits per heavy atom. The Kier molecular flexibility index (Phi) is 9.28. The molecule has 2 amide bonds. The maximum atomic E-state index is 13.1. The fourth-order valence-electron chi connectivity index (χ4n) is 3.55. The highest BCUT2D eigenvalue weighted by atomic mass is 35.5. The molecule has 1 fully saturated rings. The smallest absolute Gasteiger partial charge is 0.275 e. The number of hydrogen-bond donors (Lipinski definition) is 3. The summed E-state index contributed by atoms with van der Waals surface area (Å²) in [6, 6.07) is 8.58. The molecule has 3 rings (SSSR count). The molecule has 0 spiro atoms. The quantitative estimate of drug-likeness (QED) is 0.465. The maximum absolute atomic E-state index is 13.1. The van der Waals surface area contributed by atoms with Gasteiger partial charge in [0.15, 0.2) is 0 Å². The Bertz CT molecular complexity index is 1160. The Morgan fingerprint density at radius 3 is 2.74 bits per heavy atom. The number of halogens is 2. The van der Waals surface area contributed by atoms with Gasteiger partial charge >= 0.3 is 0 Å². The van der Waals surface area contributed by atoms with Gasteiger partial charge in [-0.1, -0.05) is 29.3 Å². The van der Waals surface area contributed by atoms with Crippen LogP contribution in [0.3, 0.4) is 0 Å². The average molecular weight is 515 g/mol. The second-order valence-corrected chi connectivity index (χ2v) is 8.84. The van der Waals surface area contributed by atoms with Crippen LogP contribution in [0, 0.1) is 0 Å². The summed E-state index contributed by atoms with van der Waals surface area (Å²) < 4.78 is 0. The maximum Gasteiger partial charge on any atom is 0.275 e. The molecule has 0 saturated carbocycles. The highest BCUT2D eigenvalue weighted by Gasteiger charge is 2.28. The van der Waals surface area contributed by atoms with Gasteiger partial charge in [0.2, 0.25) is 0 Å². The van der Waals surface area contributed by atoms with Crippen LogP contribution in [0.25, 0.3) is 0 Å². The molecule has 8 nitrogen and oxygen atoms in total. The first-order valence-corrected chi connectivity index (χ1v) is 11.9. The highest BCUT2D eigenvalue weighted by Crippen LogP contribution is 2.22. The molecule has 0 aliphatic carbocycles. The minimum absolute atomic E-state index is 0.101. The summed E-state index contributed by atoms with van der Waals surface area (Å²) >= 11 is 12.1. The number of benzene rings is 1. The normalized spacial score (nSPS) is 16.9. The molecule has 10 heteroatoms. The van der Waals surface area contributed by atoms with Crippen molar-refractivity contribution in [1.29, 1.82) is 0 Å². The number of carbonyl (C=O) groups is 2. The summed E-state index contributed by atoms with van der Waals surface area (Å²) in [5.41, 5.74) is 7.91. The van der Waals surface area contributed by atoms with Crippen LogP contribution in [-0.4, -0.2) is 46.5 Å². The van der Waals surface area contributed by atoms with E-state index in [9.17, 15) is 9.59 Å². The van der Waals surface area contributed by atoms with Crippen molar-refractivity contribution in [2.45, 2.75) is 32.9 Å². The summed E-state index contributed by atoms with van der Waals surface area (Å²) in [5.74, 6) is 0.0185. The van der Waals surface area contributed by atoms with Crippen molar-refractivity contribution in [3.63, 3.8) is 0 Å². The van der Waals surface area contributed by atoms with Gasteiger partial charge in [0.25, 0.3) is 11.8 Å². The molecular weight excluding hydrogens is 487 g/mol. The third-order valence-electron chi connectivity index (χ3n) is 5.51. The van der Waals surface area contributed by atoms with Crippen molar-refractivity contribution in [3.05, 3.63) is 87.6 Å². The van der Waals surface area contributed by atoms with Gasteiger partial charge in [-0.05, 0) is 67.9 Å². The van der Waals surface area contributed by atoms with Crippen LogP contribution in [0.2, 0.25) is 10.0 Å². The highest BCUT2D eigenvalue weighted by molar-refractivity contribution is 6.45. The van der Waals surface area contributed by atoms with Gasteiger partial charge in [0.05, 0.1) is 21.7 Å². The zero-order chi connectivity index (χ0) is 25.4. The lowest BCUT2D eigenvalue weighted by Crippen LogP contribution is -2.37. The largest absolute Gasteiger partial charge is 0.404 e. The van der Waals surface area contributed by atoms with E-state index in [2.05, 4.69) is 20.6 Å². The number of nitrogens with two attached hydrogens (primary N) is 1. The third kappa shape index (κ3) is 7.07. The van der Waals surface area contributed by atoms with E-state index >= 15 is 0 Å². The summed E-state index contributed by atoms with van der Waals surface area (Å²) in [5, 5.41) is 6.96. The lowest BCUT2D eigenvalue weighted by molar-refractivity contribution is -0.114. The van der Waals surface area contributed by atoms with Gasteiger partial charge in [0.1, 0.15) is 11.5 Å². The van der Waals surface area contributed by atoms with Gasteiger partial charge < -0.3 is 21.3 Å². The molecule has 0 radical (unpaired) electrons. The van der Waals surface area contributed by atoms with Gasteiger partial charge in [-0.2, -0.15) is 0 Å². The summed E-state index contributed by atoms with van der Waals surface area (Å²) in [4.78, 5) is 36.2. The molecule has 184 valence electrons. The molecular formula is C25H28Cl2N6O2. The first-order chi connectivity index (χ1) is 16.8. The second-order valence-electron chi connectivity index (χ2n) is 8.02. The minimum atomic E-state index is -0.393. The Hall–Kier alpha value is -3.36. The summed E-state index contributed by atoms with van der Waals surface area (Å²) in [7, 11) is 0. The van der Waals surface area contributed by atoms with Gasteiger partial charge in [0, 0.05) is 32.0 Å². The zero-order valence-electron chi connectivity index (χ0n) is 19.6. The van der Waals surface area contributed by atoms with Gasteiger partial charge in [-0.25, -0.2) is 0 Å². The van der Waals surface area contributed by atoms with Crippen molar-refractivity contribution in [2.24, 2.45) is 10.7 Å². The van der Waals surface area contributed by atoms with Crippen LogP contribution in [0.4, 0.5) is 0 Å². The Labute approximate surface area is 214 Å². The predicted molar refractivity (Wildman–Crippen MR) is 139 cm³/mol. The number of amides is 2. The monoisotopic (exact) mass is 514 g/mol. The van der Waals surface area contributed by atoms with E-state index in [4.69, 9.17) is 28.9 Å². The topological polar surface area (TPSA) is 113 Å². The number of rotatable bonds is 8. The van der Waals surface area contributed by atoms with Crippen LogP contribution >= 0.6 is 23.2 Å². The van der Waals surface area contributed by atoms with Crippen molar-refractivity contribution in [2.75, 3.05) is 13.1 Å². The van der Waals surface area contributed by atoms with Crippen molar-refractivity contribution in [3.8, 4) is 0 Å². The number of likely N-dealkylation sites (tertiary alicyclic amines) is 1. The van der Waals surface area contributed by atoms with Crippen LogP contribution < -0.4 is 16.4 Å². The number of nitrogens with zero attached hydrogens (tertiary/aromatic N) is 3. The molecule has 1 atom stereocenters. The van der Waals surface area contributed by atoms with Crippen molar-refractivity contribution in [1.82, 2.24) is 20.5 Å². The van der Waals surface area contributed by atoms with E-state index < -0.39 is 5.91 Å². The average Bonchev–Trinajstić information content (AvgIpc) is 3.35. The summed E-state index contributed by atoms with van der Waals surface area (Å²) in [6.07, 6.45) is 6.91. The molecule has 1 aliphatic rings. The first-order valence-electron chi connectivity index (χ1n) is 11.1. The minimum Gasteiger partial charge on any atom is -0.404 e. The van der Waals surface area contributed by atoms with Crippen molar-refractivity contribution < 1.29 is 9.59 Å². The molecule has 2 aromatic rings. The van der Waals surface area contributed by atoms with E-state index in [1.54, 1.807) is 61.5 Å². The number of carbonyl (C=O) groups excluding carboxylic acids is 2. The molecule has 4 N–H and O–H groups in total. The number of aromatic nitrogens is 1. The predicted octanol–water partition coefficient (Wildman–Crippen LogP) is 3.67. The molecule has 1 saturated heterocycles. The summed E-state index contributed by atoms with van der Waals surface area (Å²) in [6.45, 7) is 4.92. The van der Waals surface area contributed by atoms with E-state index in [1.807, 2.05) is 6.07 Å². The van der Waals surface area contributed by atoms with Crippen LogP contribution in [0.1, 0.15) is 36.2 Å². The molecule has 1 unspecified atom stereocenters. The van der Waals surface area contributed by atoms with E-state index in [0.717, 1.165) is 5.56 Å². The van der Waals surface area contributed by atoms with E-state index in [-0.39, 0.29) is 17.7 Å². The van der Waals surface area contributed by atoms with Crippen LogP contribution in [0.5, 0.6) is 0 Å². The number of nitrogens with one attached hydrogen (secondary N) is 2.